The number of ketones is 1. The Morgan fingerprint density at radius 3 is 1.02 bits per heavy atom. The molecule has 9 heteroatoms. The summed E-state index contributed by atoms with van der Waals surface area (Å²) >= 11 is 0. The van der Waals surface area contributed by atoms with Crippen molar-refractivity contribution in [3.63, 3.8) is 0 Å². The van der Waals surface area contributed by atoms with Crippen molar-refractivity contribution in [3.8, 4) is 68.2 Å². The third-order valence-corrected chi connectivity index (χ3v) is 6.38. The molecule has 6 aromatic rings. The number of aromatic hydroxyl groups is 4. The Labute approximate surface area is 226 Å². The number of hydrogen-bond donors (Lipinski definition) is 4. The standard InChI is InChI=1S/C31H20N2O7/c34-21-9-1-17(2-10-21)27-25(30(39-32-27)19-5-13-23(36)14-6-19)29(38)26-28(18-3-11-22(35)12-4-18)33-40-31(26)20-7-15-24(37)16-8-20/h1-16,34-37H. The summed E-state index contributed by atoms with van der Waals surface area (Å²) in [6.07, 6.45) is 0. The fraction of sp³-hybridized carbons (Fsp3) is 0. The van der Waals surface area contributed by atoms with E-state index in [9.17, 15) is 25.2 Å². The molecule has 6 rings (SSSR count). The van der Waals surface area contributed by atoms with E-state index in [1.165, 1.54) is 48.5 Å². The number of nitrogens with zero attached hydrogens (tertiary/aromatic N) is 2. The van der Waals surface area contributed by atoms with E-state index < -0.39 is 5.78 Å². The molecule has 0 spiro atoms. The first-order valence-corrected chi connectivity index (χ1v) is 12.1. The molecular formula is C31H20N2O7. The van der Waals surface area contributed by atoms with E-state index in [4.69, 9.17) is 9.05 Å². The number of carbonyl (C=O) groups excluding carboxylic acids is 1. The fourth-order valence-corrected chi connectivity index (χ4v) is 4.38. The molecule has 2 heterocycles. The summed E-state index contributed by atoms with van der Waals surface area (Å²) in [6, 6.07) is 24.6. The smallest absolute Gasteiger partial charge is 0.205 e. The minimum atomic E-state index is -0.514. The summed E-state index contributed by atoms with van der Waals surface area (Å²) in [4.78, 5) is 14.6. The molecular weight excluding hydrogens is 512 g/mol. The van der Waals surface area contributed by atoms with Crippen molar-refractivity contribution in [2.75, 3.05) is 0 Å². The molecule has 0 saturated heterocycles. The van der Waals surface area contributed by atoms with Crippen LogP contribution in [0.15, 0.2) is 106 Å². The lowest BCUT2D eigenvalue weighted by atomic mass is 9.91. The molecule has 2 aromatic heterocycles. The third kappa shape index (κ3) is 4.41. The molecule has 0 fully saturated rings. The first-order chi connectivity index (χ1) is 19.4. The molecule has 0 unspecified atom stereocenters. The number of phenolic OH excluding ortho intramolecular Hbond substituents is 4. The highest BCUT2D eigenvalue weighted by Crippen LogP contribution is 2.40. The Morgan fingerprint density at radius 1 is 0.450 bits per heavy atom. The van der Waals surface area contributed by atoms with E-state index in [1.54, 1.807) is 48.5 Å². The van der Waals surface area contributed by atoms with Gasteiger partial charge < -0.3 is 29.5 Å². The van der Waals surface area contributed by atoms with E-state index in [0.717, 1.165) is 0 Å². The molecule has 0 aliphatic heterocycles. The van der Waals surface area contributed by atoms with Crippen molar-refractivity contribution >= 4 is 5.78 Å². The van der Waals surface area contributed by atoms with Gasteiger partial charge >= 0.3 is 0 Å². The fourth-order valence-electron chi connectivity index (χ4n) is 4.38. The lowest BCUT2D eigenvalue weighted by molar-refractivity contribution is 0.104. The second-order valence-corrected chi connectivity index (χ2v) is 8.99. The minimum absolute atomic E-state index is 0.0400. The minimum Gasteiger partial charge on any atom is -0.508 e. The Kier molecular flexibility index (Phi) is 6.01. The number of phenols is 4. The van der Waals surface area contributed by atoms with Crippen LogP contribution < -0.4 is 0 Å². The highest BCUT2D eigenvalue weighted by atomic mass is 16.5. The van der Waals surface area contributed by atoms with Gasteiger partial charge in [-0.2, -0.15) is 0 Å². The molecule has 0 amide bonds. The van der Waals surface area contributed by atoms with Gasteiger partial charge in [0, 0.05) is 22.3 Å². The Balaban J connectivity index is 1.61. The van der Waals surface area contributed by atoms with Gasteiger partial charge in [0.1, 0.15) is 34.4 Å². The monoisotopic (exact) mass is 532 g/mol. The maximum absolute atomic E-state index is 14.6. The summed E-state index contributed by atoms with van der Waals surface area (Å²) < 4.78 is 11.4. The van der Waals surface area contributed by atoms with Crippen molar-refractivity contribution in [2.45, 2.75) is 0 Å². The van der Waals surface area contributed by atoms with Gasteiger partial charge in [-0.05, 0) is 97.1 Å². The van der Waals surface area contributed by atoms with Crippen LogP contribution in [0.3, 0.4) is 0 Å². The van der Waals surface area contributed by atoms with Gasteiger partial charge in [-0.15, -0.1) is 0 Å². The molecule has 9 nitrogen and oxygen atoms in total. The second kappa shape index (κ2) is 9.80. The molecule has 0 saturated carbocycles. The summed E-state index contributed by atoms with van der Waals surface area (Å²) in [7, 11) is 0. The first kappa shape index (κ1) is 24.5. The van der Waals surface area contributed by atoms with E-state index >= 15 is 0 Å². The Bertz CT molecular complexity index is 1560. The molecule has 40 heavy (non-hydrogen) atoms. The number of benzene rings is 4. The lowest BCUT2D eigenvalue weighted by Gasteiger charge is -2.08. The summed E-state index contributed by atoms with van der Waals surface area (Å²) in [5.41, 5.74) is 2.69. The topological polar surface area (TPSA) is 150 Å². The maximum Gasteiger partial charge on any atom is 0.205 e. The normalized spacial score (nSPS) is 11.0. The van der Waals surface area contributed by atoms with Crippen LogP contribution in [0.4, 0.5) is 0 Å². The lowest BCUT2D eigenvalue weighted by Crippen LogP contribution is -2.06. The zero-order valence-electron chi connectivity index (χ0n) is 20.6. The highest BCUT2D eigenvalue weighted by Gasteiger charge is 2.33. The average molecular weight is 533 g/mol. The van der Waals surface area contributed by atoms with Crippen LogP contribution in [0.5, 0.6) is 23.0 Å². The van der Waals surface area contributed by atoms with Crippen LogP contribution in [0.25, 0.3) is 45.2 Å². The van der Waals surface area contributed by atoms with Crippen LogP contribution in [0.2, 0.25) is 0 Å². The maximum atomic E-state index is 14.6. The Morgan fingerprint density at radius 2 is 0.725 bits per heavy atom. The molecule has 4 aromatic carbocycles. The molecule has 0 aliphatic rings. The third-order valence-electron chi connectivity index (χ3n) is 6.38. The zero-order valence-corrected chi connectivity index (χ0v) is 20.6. The number of aromatic nitrogens is 2. The quantitative estimate of drug-likeness (QED) is 0.179. The van der Waals surface area contributed by atoms with Crippen molar-refractivity contribution in [3.05, 3.63) is 108 Å². The molecule has 0 atom stereocenters. The molecule has 196 valence electrons. The number of hydrogen-bond acceptors (Lipinski definition) is 9. The van der Waals surface area contributed by atoms with E-state index in [0.29, 0.717) is 22.3 Å². The molecule has 0 bridgehead atoms. The largest absolute Gasteiger partial charge is 0.508 e. The predicted octanol–water partition coefficient (Wildman–Crippen LogP) is 6.38. The van der Waals surface area contributed by atoms with Gasteiger partial charge in [0.15, 0.2) is 11.5 Å². The van der Waals surface area contributed by atoms with Crippen molar-refractivity contribution in [1.82, 2.24) is 10.3 Å². The Hall–Kier alpha value is -5.83. The number of rotatable bonds is 6. The molecule has 4 N–H and O–H groups in total. The van der Waals surface area contributed by atoms with Gasteiger partial charge in [-0.3, -0.25) is 4.79 Å². The van der Waals surface area contributed by atoms with Crippen LogP contribution in [-0.4, -0.2) is 36.5 Å². The van der Waals surface area contributed by atoms with Gasteiger partial charge in [0.25, 0.3) is 0 Å². The average Bonchev–Trinajstić information content (AvgIpc) is 3.60. The van der Waals surface area contributed by atoms with Crippen molar-refractivity contribution < 1.29 is 34.3 Å². The van der Waals surface area contributed by atoms with Gasteiger partial charge in [-0.1, -0.05) is 10.3 Å². The van der Waals surface area contributed by atoms with Crippen LogP contribution in [0, 0.1) is 0 Å². The molecule has 0 radical (unpaired) electrons. The van der Waals surface area contributed by atoms with Crippen LogP contribution >= 0.6 is 0 Å². The highest BCUT2D eigenvalue weighted by molar-refractivity contribution is 6.20. The van der Waals surface area contributed by atoms with Crippen molar-refractivity contribution in [1.29, 1.82) is 0 Å². The predicted molar refractivity (Wildman–Crippen MR) is 145 cm³/mol. The van der Waals surface area contributed by atoms with Gasteiger partial charge in [0.2, 0.25) is 5.78 Å². The van der Waals surface area contributed by atoms with Crippen molar-refractivity contribution in [2.24, 2.45) is 0 Å². The summed E-state index contributed by atoms with van der Waals surface area (Å²) in [6.45, 7) is 0. The zero-order chi connectivity index (χ0) is 27.8. The number of carbonyl (C=O) groups is 1. The van der Waals surface area contributed by atoms with E-state index in [-0.39, 0.29) is 57.0 Å². The van der Waals surface area contributed by atoms with Gasteiger partial charge in [0.05, 0.1) is 11.1 Å². The summed E-state index contributed by atoms with van der Waals surface area (Å²) in [5.74, 6) is -0.0365. The van der Waals surface area contributed by atoms with E-state index in [1.807, 2.05) is 0 Å². The summed E-state index contributed by atoms with van der Waals surface area (Å²) in [5, 5.41) is 47.7. The van der Waals surface area contributed by atoms with Gasteiger partial charge in [-0.25, -0.2) is 0 Å². The van der Waals surface area contributed by atoms with Crippen LogP contribution in [-0.2, 0) is 0 Å². The first-order valence-electron chi connectivity index (χ1n) is 12.1. The van der Waals surface area contributed by atoms with Crippen LogP contribution in [0.1, 0.15) is 15.9 Å². The molecule has 0 aliphatic carbocycles. The second-order valence-electron chi connectivity index (χ2n) is 8.99. The van der Waals surface area contributed by atoms with E-state index in [2.05, 4.69) is 10.3 Å². The SMILES string of the molecule is O=C(c1c(-c2ccc(O)cc2)noc1-c1ccc(O)cc1)c1c(-c2ccc(O)cc2)noc1-c1ccc(O)cc1.